The summed E-state index contributed by atoms with van der Waals surface area (Å²) in [5, 5.41) is 9.57. The van der Waals surface area contributed by atoms with Gasteiger partial charge in [-0.1, -0.05) is 13.0 Å². The highest BCUT2D eigenvalue weighted by atomic mass is 19.1. The summed E-state index contributed by atoms with van der Waals surface area (Å²) >= 11 is 0. The molecule has 0 spiro atoms. The lowest BCUT2D eigenvalue weighted by Gasteiger charge is -2.13. The van der Waals surface area contributed by atoms with Crippen molar-refractivity contribution in [1.29, 1.82) is 0 Å². The predicted octanol–water partition coefficient (Wildman–Crippen LogP) is 1.69. The zero-order chi connectivity index (χ0) is 10.7. The number of nitrogens with two attached hydrogens (primary N) is 1. The van der Waals surface area contributed by atoms with E-state index in [1.54, 1.807) is 13.0 Å². The molecule has 0 amide bonds. The molecule has 1 rings (SSSR count). The van der Waals surface area contributed by atoms with Gasteiger partial charge in [-0.2, -0.15) is 0 Å². The van der Waals surface area contributed by atoms with Gasteiger partial charge in [0.15, 0.2) is 0 Å². The average molecular weight is 197 g/mol. The molecular weight excluding hydrogens is 181 g/mol. The zero-order valence-corrected chi connectivity index (χ0v) is 8.55. The van der Waals surface area contributed by atoms with Crippen LogP contribution in [-0.4, -0.2) is 11.7 Å². The quantitative estimate of drug-likeness (QED) is 0.774. The zero-order valence-electron chi connectivity index (χ0n) is 8.55. The first kappa shape index (κ1) is 11.1. The molecule has 0 radical (unpaired) electrons. The van der Waals surface area contributed by atoms with E-state index in [1.807, 2.05) is 6.92 Å². The monoisotopic (exact) mass is 197 g/mol. The van der Waals surface area contributed by atoms with E-state index in [0.29, 0.717) is 12.0 Å². The van der Waals surface area contributed by atoms with Crippen molar-refractivity contribution in [3.05, 3.63) is 34.6 Å². The third kappa shape index (κ3) is 2.11. The van der Waals surface area contributed by atoms with Gasteiger partial charge in [-0.25, -0.2) is 4.39 Å². The van der Waals surface area contributed by atoms with Gasteiger partial charge in [0.25, 0.3) is 0 Å². The SMILES string of the molecule is CCc1cc(C(O)CN)c(C)cc1F. The highest BCUT2D eigenvalue weighted by molar-refractivity contribution is 5.34. The second kappa shape index (κ2) is 4.53. The Morgan fingerprint density at radius 1 is 1.50 bits per heavy atom. The van der Waals surface area contributed by atoms with Gasteiger partial charge in [0.2, 0.25) is 0 Å². The molecule has 0 aliphatic heterocycles. The largest absolute Gasteiger partial charge is 0.387 e. The summed E-state index contributed by atoms with van der Waals surface area (Å²) in [6.45, 7) is 3.82. The fourth-order valence-corrected chi connectivity index (χ4v) is 1.49. The normalized spacial score (nSPS) is 12.9. The molecule has 0 fully saturated rings. The lowest BCUT2D eigenvalue weighted by atomic mass is 9.99. The Kier molecular flexibility index (Phi) is 3.61. The van der Waals surface area contributed by atoms with Gasteiger partial charge >= 0.3 is 0 Å². The summed E-state index contributed by atoms with van der Waals surface area (Å²) in [5.41, 5.74) is 7.46. The summed E-state index contributed by atoms with van der Waals surface area (Å²) in [5.74, 6) is -0.210. The maximum Gasteiger partial charge on any atom is 0.126 e. The number of halogens is 1. The maximum absolute atomic E-state index is 13.3. The second-order valence-electron chi connectivity index (χ2n) is 3.41. The molecular formula is C11H16FNO. The summed E-state index contributed by atoms with van der Waals surface area (Å²) in [7, 11) is 0. The number of aryl methyl sites for hydroxylation is 2. The molecule has 0 saturated carbocycles. The van der Waals surface area contributed by atoms with Crippen molar-refractivity contribution >= 4 is 0 Å². The number of benzene rings is 1. The van der Waals surface area contributed by atoms with Crippen LogP contribution in [0.15, 0.2) is 12.1 Å². The molecule has 0 saturated heterocycles. The van der Waals surface area contributed by atoms with Gasteiger partial charge in [0, 0.05) is 6.54 Å². The molecule has 3 N–H and O–H groups in total. The molecule has 0 aromatic heterocycles. The summed E-state index contributed by atoms with van der Waals surface area (Å²) in [6.07, 6.45) is -0.0722. The second-order valence-corrected chi connectivity index (χ2v) is 3.41. The van der Waals surface area contributed by atoms with Crippen molar-refractivity contribution in [2.75, 3.05) is 6.54 Å². The van der Waals surface area contributed by atoms with Gasteiger partial charge in [0.05, 0.1) is 6.10 Å². The highest BCUT2D eigenvalue weighted by Crippen LogP contribution is 2.21. The molecule has 0 aliphatic carbocycles. The van der Waals surface area contributed by atoms with E-state index in [-0.39, 0.29) is 12.4 Å². The van der Waals surface area contributed by atoms with Crippen LogP contribution in [0.25, 0.3) is 0 Å². The molecule has 1 atom stereocenters. The van der Waals surface area contributed by atoms with Crippen LogP contribution in [-0.2, 0) is 6.42 Å². The maximum atomic E-state index is 13.3. The number of aliphatic hydroxyl groups excluding tert-OH is 1. The van der Waals surface area contributed by atoms with Crippen LogP contribution >= 0.6 is 0 Å². The predicted molar refractivity (Wildman–Crippen MR) is 54.5 cm³/mol. The van der Waals surface area contributed by atoms with Gasteiger partial charge in [-0.05, 0) is 36.1 Å². The third-order valence-corrected chi connectivity index (χ3v) is 2.40. The van der Waals surface area contributed by atoms with Crippen LogP contribution in [0.5, 0.6) is 0 Å². The van der Waals surface area contributed by atoms with E-state index in [4.69, 9.17) is 5.73 Å². The molecule has 0 heterocycles. The van der Waals surface area contributed by atoms with Crippen LogP contribution in [0.3, 0.4) is 0 Å². The van der Waals surface area contributed by atoms with Crippen molar-refractivity contribution in [1.82, 2.24) is 0 Å². The van der Waals surface area contributed by atoms with E-state index in [1.165, 1.54) is 6.07 Å². The Bertz CT molecular complexity index is 325. The van der Waals surface area contributed by atoms with Crippen molar-refractivity contribution < 1.29 is 9.50 Å². The Morgan fingerprint density at radius 3 is 2.64 bits per heavy atom. The van der Waals surface area contributed by atoms with E-state index < -0.39 is 6.10 Å². The fraction of sp³-hybridized carbons (Fsp3) is 0.455. The lowest BCUT2D eigenvalue weighted by molar-refractivity contribution is 0.186. The van der Waals surface area contributed by atoms with Crippen LogP contribution in [0.4, 0.5) is 4.39 Å². The average Bonchev–Trinajstić information content (AvgIpc) is 2.17. The molecule has 1 unspecified atom stereocenters. The Balaban J connectivity index is 3.17. The molecule has 78 valence electrons. The Labute approximate surface area is 83.6 Å². The van der Waals surface area contributed by atoms with Crippen molar-refractivity contribution in [3.8, 4) is 0 Å². The van der Waals surface area contributed by atoms with Crippen molar-refractivity contribution in [3.63, 3.8) is 0 Å². The van der Waals surface area contributed by atoms with E-state index in [0.717, 1.165) is 11.1 Å². The van der Waals surface area contributed by atoms with Crippen LogP contribution in [0, 0.1) is 12.7 Å². The van der Waals surface area contributed by atoms with Gasteiger partial charge in [-0.15, -0.1) is 0 Å². The molecule has 1 aromatic rings. The minimum absolute atomic E-state index is 0.162. The summed E-state index contributed by atoms with van der Waals surface area (Å²) in [4.78, 5) is 0. The molecule has 14 heavy (non-hydrogen) atoms. The molecule has 0 bridgehead atoms. The molecule has 0 aliphatic rings. The minimum Gasteiger partial charge on any atom is -0.387 e. The van der Waals surface area contributed by atoms with E-state index in [9.17, 15) is 9.50 Å². The first-order valence-electron chi connectivity index (χ1n) is 4.77. The molecule has 2 nitrogen and oxygen atoms in total. The first-order valence-corrected chi connectivity index (χ1v) is 4.77. The smallest absolute Gasteiger partial charge is 0.126 e. The van der Waals surface area contributed by atoms with Gasteiger partial charge in [0.1, 0.15) is 5.82 Å². The first-order chi connectivity index (χ1) is 6.60. The Morgan fingerprint density at radius 2 is 2.14 bits per heavy atom. The molecule has 1 aromatic carbocycles. The van der Waals surface area contributed by atoms with Crippen molar-refractivity contribution in [2.45, 2.75) is 26.4 Å². The lowest BCUT2D eigenvalue weighted by Crippen LogP contribution is -2.13. The van der Waals surface area contributed by atoms with Gasteiger partial charge < -0.3 is 10.8 Å². The number of rotatable bonds is 3. The molecule has 3 heteroatoms. The van der Waals surface area contributed by atoms with Crippen LogP contribution in [0.1, 0.15) is 29.7 Å². The van der Waals surface area contributed by atoms with E-state index >= 15 is 0 Å². The van der Waals surface area contributed by atoms with E-state index in [2.05, 4.69) is 0 Å². The minimum atomic E-state index is -0.694. The van der Waals surface area contributed by atoms with Crippen LogP contribution in [0.2, 0.25) is 0 Å². The van der Waals surface area contributed by atoms with Gasteiger partial charge in [-0.3, -0.25) is 0 Å². The number of aliphatic hydroxyl groups is 1. The van der Waals surface area contributed by atoms with Crippen molar-refractivity contribution in [2.24, 2.45) is 5.73 Å². The number of hydrogen-bond acceptors (Lipinski definition) is 2. The third-order valence-electron chi connectivity index (χ3n) is 2.40. The fourth-order valence-electron chi connectivity index (χ4n) is 1.49. The number of hydrogen-bond donors (Lipinski definition) is 2. The summed E-state index contributed by atoms with van der Waals surface area (Å²) < 4.78 is 13.3. The van der Waals surface area contributed by atoms with Crippen LogP contribution < -0.4 is 5.73 Å². The Hall–Kier alpha value is -0.930. The highest BCUT2D eigenvalue weighted by Gasteiger charge is 2.11. The topological polar surface area (TPSA) is 46.2 Å². The summed E-state index contributed by atoms with van der Waals surface area (Å²) in [6, 6.07) is 3.15. The standard InChI is InChI=1S/C11H16FNO/c1-3-8-5-9(11(14)6-13)7(2)4-10(8)12/h4-5,11,14H,3,6,13H2,1-2H3.